The fourth-order valence-electron chi connectivity index (χ4n) is 4.50. The number of pyridine rings is 1. The van der Waals surface area contributed by atoms with Crippen molar-refractivity contribution in [3.8, 4) is 0 Å². The van der Waals surface area contributed by atoms with Crippen molar-refractivity contribution in [2.45, 2.75) is 52.0 Å². The maximum atomic E-state index is 12.9. The molecule has 2 N–H and O–H groups in total. The second-order valence-electron chi connectivity index (χ2n) is 9.44. The lowest BCUT2D eigenvalue weighted by atomic mass is 9.80. The quantitative estimate of drug-likeness (QED) is 0.548. The summed E-state index contributed by atoms with van der Waals surface area (Å²) in [6.07, 6.45) is 7.57. The van der Waals surface area contributed by atoms with Crippen LogP contribution in [0.3, 0.4) is 0 Å². The highest BCUT2D eigenvalue weighted by atomic mass is 16.2. The minimum Gasteiger partial charge on any atom is -0.354 e. The van der Waals surface area contributed by atoms with E-state index in [2.05, 4.69) is 29.6 Å². The molecule has 1 aliphatic rings. The highest BCUT2D eigenvalue weighted by Gasteiger charge is 2.25. The van der Waals surface area contributed by atoms with Crippen molar-refractivity contribution in [1.29, 1.82) is 0 Å². The second kappa shape index (κ2) is 10.6. The van der Waals surface area contributed by atoms with Gasteiger partial charge in [-0.25, -0.2) is 0 Å². The Balaban J connectivity index is 1.38. The van der Waals surface area contributed by atoms with E-state index in [-0.39, 0.29) is 18.4 Å². The lowest BCUT2D eigenvalue weighted by molar-refractivity contribution is -0.122. The van der Waals surface area contributed by atoms with Gasteiger partial charge in [-0.15, -0.1) is 0 Å². The molecule has 0 spiro atoms. The summed E-state index contributed by atoms with van der Waals surface area (Å²) in [5, 5.41) is 11.1. The summed E-state index contributed by atoms with van der Waals surface area (Å²) >= 11 is 0. The first-order valence-electron chi connectivity index (χ1n) is 11.9. The molecule has 0 atom stereocenters. The standard InChI is InChI=1S/C26H33N5O2/c1-18(2)15-28-26(33)22-14-24(30-23-7-4-3-6-21(22)23)20-10-8-19(9-11-20)16-27-25(32)17-31-13-5-12-29-31/h3-7,12-14,18-20H,8-11,15-17H2,1-2H3,(H,27,32)(H,28,33). The lowest BCUT2D eigenvalue weighted by Gasteiger charge is -2.28. The molecule has 2 aromatic heterocycles. The Morgan fingerprint density at radius 1 is 1.09 bits per heavy atom. The van der Waals surface area contributed by atoms with Crippen LogP contribution in [0.25, 0.3) is 10.9 Å². The fraction of sp³-hybridized carbons (Fsp3) is 0.462. The number of aromatic nitrogens is 3. The summed E-state index contributed by atoms with van der Waals surface area (Å²) in [5.41, 5.74) is 2.59. The summed E-state index contributed by atoms with van der Waals surface area (Å²) < 4.78 is 1.63. The van der Waals surface area contributed by atoms with Crippen LogP contribution in [0, 0.1) is 11.8 Å². The number of hydrogen-bond donors (Lipinski definition) is 2. The van der Waals surface area contributed by atoms with Gasteiger partial charge in [0.05, 0.1) is 11.1 Å². The molecule has 0 saturated heterocycles. The number of nitrogens with zero attached hydrogens (tertiary/aromatic N) is 3. The molecular weight excluding hydrogens is 414 g/mol. The van der Waals surface area contributed by atoms with Gasteiger partial charge in [0.2, 0.25) is 5.91 Å². The minimum atomic E-state index is -0.0304. The largest absolute Gasteiger partial charge is 0.354 e. The van der Waals surface area contributed by atoms with Crippen molar-refractivity contribution >= 4 is 22.7 Å². The monoisotopic (exact) mass is 447 g/mol. The summed E-state index contributed by atoms with van der Waals surface area (Å²) in [6, 6.07) is 11.7. The third-order valence-corrected chi connectivity index (χ3v) is 6.37. The van der Waals surface area contributed by atoms with Crippen molar-refractivity contribution in [3.05, 3.63) is 60.0 Å². The Morgan fingerprint density at radius 2 is 1.88 bits per heavy atom. The van der Waals surface area contributed by atoms with Crippen LogP contribution in [-0.4, -0.2) is 39.7 Å². The zero-order chi connectivity index (χ0) is 23.2. The van der Waals surface area contributed by atoms with Gasteiger partial charge in [0.1, 0.15) is 6.54 Å². The summed E-state index contributed by atoms with van der Waals surface area (Å²) in [7, 11) is 0. The van der Waals surface area contributed by atoms with Gasteiger partial charge in [-0.2, -0.15) is 5.10 Å². The SMILES string of the molecule is CC(C)CNC(=O)c1cc(C2CCC(CNC(=O)Cn3cccn3)CC2)nc2ccccc12. The fourth-order valence-corrected chi connectivity index (χ4v) is 4.50. The third kappa shape index (κ3) is 5.97. The number of carbonyl (C=O) groups is 2. The van der Waals surface area contributed by atoms with Crippen LogP contribution >= 0.6 is 0 Å². The number of amides is 2. The molecule has 4 rings (SSSR count). The van der Waals surface area contributed by atoms with Crippen LogP contribution in [0.2, 0.25) is 0 Å². The molecule has 0 bridgehead atoms. The Bertz CT molecular complexity index is 1090. The molecule has 2 heterocycles. The van der Waals surface area contributed by atoms with Crippen LogP contribution in [0.15, 0.2) is 48.8 Å². The predicted octanol–water partition coefficient (Wildman–Crippen LogP) is 3.91. The molecule has 7 nitrogen and oxygen atoms in total. The van der Waals surface area contributed by atoms with Crippen molar-refractivity contribution in [2.75, 3.05) is 13.1 Å². The number of benzene rings is 1. The molecule has 7 heteroatoms. The first-order valence-corrected chi connectivity index (χ1v) is 11.9. The van der Waals surface area contributed by atoms with Crippen LogP contribution in [0.4, 0.5) is 0 Å². The van der Waals surface area contributed by atoms with E-state index in [1.165, 1.54) is 0 Å². The van der Waals surface area contributed by atoms with Crippen molar-refractivity contribution < 1.29 is 9.59 Å². The topological polar surface area (TPSA) is 88.9 Å². The average Bonchev–Trinajstić information content (AvgIpc) is 3.33. The van der Waals surface area contributed by atoms with Crippen LogP contribution in [0.1, 0.15) is 61.5 Å². The smallest absolute Gasteiger partial charge is 0.252 e. The summed E-state index contributed by atoms with van der Waals surface area (Å²) in [5.74, 6) is 1.17. The molecule has 1 saturated carbocycles. The zero-order valence-electron chi connectivity index (χ0n) is 19.5. The van der Waals surface area contributed by atoms with Gasteiger partial charge in [0, 0.05) is 42.5 Å². The third-order valence-electron chi connectivity index (χ3n) is 6.37. The van der Waals surface area contributed by atoms with E-state index in [0.717, 1.165) is 42.3 Å². The average molecular weight is 448 g/mol. The Labute approximate surface area is 195 Å². The van der Waals surface area contributed by atoms with Crippen molar-refractivity contribution in [1.82, 2.24) is 25.4 Å². The lowest BCUT2D eigenvalue weighted by Crippen LogP contribution is -2.33. The molecule has 174 valence electrons. The summed E-state index contributed by atoms with van der Waals surface area (Å²) in [6.45, 7) is 5.79. The first kappa shape index (κ1) is 23.0. The van der Waals surface area contributed by atoms with Crippen LogP contribution in [-0.2, 0) is 11.3 Å². The van der Waals surface area contributed by atoms with E-state index in [0.29, 0.717) is 36.4 Å². The number of rotatable bonds is 8. The minimum absolute atomic E-state index is 0.00549. The van der Waals surface area contributed by atoms with Crippen molar-refractivity contribution in [2.24, 2.45) is 11.8 Å². The molecule has 0 unspecified atom stereocenters. The number of hydrogen-bond acceptors (Lipinski definition) is 4. The first-order chi connectivity index (χ1) is 16.0. The van der Waals surface area contributed by atoms with Gasteiger partial charge < -0.3 is 10.6 Å². The summed E-state index contributed by atoms with van der Waals surface area (Å²) in [4.78, 5) is 30.0. The highest BCUT2D eigenvalue weighted by Crippen LogP contribution is 2.36. The van der Waals surface area contributed by atoms with E-state index in [4.69, 9.17) is 4.98 Å². The van der Waals surface area contributed by atoms with E-state index in [1.54, 1.807) is 17.1 Å². The molecule has 2 amide bonds. The van der Waals surface area contributed by atoms with Gasteiger partial charge in [0.25, 0.3) is 5.91 Å². The number of carbonyl (C=O) groups excluding carboxylic acids is 2. The van der Waals surface area contributed by atoms with Gasteiger partial charge in [0.15, 0.2) is 0 Å². The molecule has 1 aliphatic carbocycles. The Hall–Kier alpha value is -3.22. The molecule has 33 heavy (non-hydrogen) atoms. The molecule has 3 aromatic rings. The predicted molar refractivity (Wildman–Crippen MR) is 129 cm³/mol. The van der Waals surface area contributed by atoms with E-state index >= 15 is 0 Å². The Kier molecular flexibility index (Phi) is 7.37. The molecule has 0 radical (unpaired) electrons. The molecule has 1 aromatic carbocycles. The van der Waals surface area contributed by atoms with Gasteiger partial charge in [-0.1, -0.05) is 32.0 Å². The van der Waals surface area contributed by atoms with E-state index < -0.39 is 0 Å². The molecule has 1 fully saturated rings. The molecular formula is C26H33N5O2. The van der Waals surface area contributed by atoms with E-state index in [1.807, 2.05) is 36.4 Å². The second-order valence-corrected chi connectivity index (χ2v) is 9.44. The normalized spacial score (nSPS) is 18.4. The van der Waals surface area contributed by atoms with Gasteiger partial charge >= 0.3 is 0 Å². The van der Waals surface area contributed by atoms with Crippen molar-refractivity contribution in [3.63, 3.8) is 0 Å². The maximum Gasteiger partial charge on any atom is 0.252 e. The van der Waals surface area contributed by atoms with Gasteiger partial charge in [-0.3, -0.25) is 19.3 Å². The van der Waals surface area contributed by atoms with Crippen LogP contribution in [0.5, 0.6) is 0 Å². The molecule has 0 aliphatic heterocycles. The number of nitrogens with one attached hydrogen (secondary N) is 2. The number of para-hydroxylation sites is 1. The van der Waals surface area contributed by atoms with Gasteiger partial charge in [-0.05, 0) is 55.7 Å². The van der Waals surface area contributed by atoms with E-state index in [9.17, 15) is 9.59 Å². The maximum absolute atomic E-state index is 12.9. The Morgan fingerprint density at radius 3 is 2.61 bits per heavy atom. The highest BCUT2D eigenvalue weighted by molar-refractivity contribution is 6.06. The van der Waals surface area contributed by atoms with Crippen LogP contribution < -0.4 is 10.6 Å². The number of fused-ring (bicyclic) bond motifs is 1. The zero-order valence-corrected chi connectivity index (χ0v) is 19.5.